The minimum absolute atomic E-state index is 0.0175. The van der Waals surface area contributed by atoms with E-state index in [0.717, 1.165) is 0 Å². The van der Waals surface area contributed by atoms with Crippen LogP contribution in [0.3, 0.4) is 0 Å². The number of nitrogens with zero attached hydrogens (tertiary/aromatic N) is 14. The van der Waals surface area contributed by atoms with Gasteiger partial charge >= 0.3 is 0 Å². The van der Waals surface area contributed by atoms with Crippen LogP contribution in [0.2, 0.25) is 41.2 Å². The molecular weight excluding hydrogens is 796 g/mol. The number of nitrogens with one attached hydrogen (secondary N) is 2. The minimum atomic E-state index is -0.101. The van der Waals surface area contributed by atoms with E-state index < -0.39 is 0 Å². The highest BCUT2D eigenvalue weighted by Crippen LogP contribution is 2.37. The van der Waals surface area contributed by atoms with Crippen LogP contribution in [-0.2, 0) is 0 Å². The van der Waals surface area contributed by atoms with Gasteiger partial charge in [0.1, 0.15) is 44.8 Å². The van der Waals surface area contributed by atoms with Gasteiger partial charge in [-0.15, -0.1) is 0 Å². The number of hydrogen-bond acceptors (Lipinski definition) is 14. The van der Waals surface area contributed by atoms with Crippen molar-refractivity contribution in [2.24, 2.45) is 0 Å². The maximum absolute atomic E-state index is 6.26. The molecule has 0 saturated heterocycles. The summed E-state index contributed by atoms with van der Waals surface area (Å²) in [5.41, 5.74) is 1.68. The Morgan fingerprint density at radius 3 is 0.688 bits per heavy atom. The lowest BCUT2D eigenvalue weighted by molar-refractivity contribution is 1.18. The fourth-order valence-electron chi connectivity index (χ4n) is 4.79. The highest BCUT2D eigenvalue weighted by atomic mass is 35.5. The number of aromatic amines is 2. The van der Waals surface area contributed by atoms with Crippen LogP contribution in [0.25, 0.3) is 90.7 Å². The Morgan fingerprint density at radius 1 is 0.250 bits per heavy atom. The predicted molar refractivity (Wildman–Crippen MR) is 178 cm³/mol. The molecule has 48 heavy (non-hydrogen) atoms. The number of hydrogen-bond donors (Lipinski definition) is 2. The summed E-state index contributed by atoms with van der Waals surface area (Å²) in [5, 5.41) is -0.787. The first-order chi connectivity index (χ1) is 23.0. The van der Waals surface area contributed by atoms with E-state index in [9.17, 15) is 0 Å². The summed E-state index contributed by atoms with van der Waals surface area (Å²) in [5.74, 6) is 0.0699. The van der Waals surface area contributed by atoms with E-state index in [2.05, 4.69) is 79.7 Å². The fourth-order valence-corrected chi connectivity index (χ4v) is 5.81. The van der Waals surface area contributed by atoms with Crippen molar-refractivity contribution >= 4 is 137 Å². The summed E-state index contributed by atoms with van der Waals surface area (Å²) < 4.78 is 0. The van der Waals surface area contributed by atoms with Gasteiger partial charge in [-0.2, -0.15) is 0 Å². The smallest absolute Gasteiger partial charge is 0.184 e. The van der Waals surface area contributed by atoms with E-state index in [0.29, 0.717) is 0 Å². The zero-order chi connectivity index (χ0) is 33.2. The Balaban J connectivity index is 1.52. The Labute approximate surface area is 302 Å². The van der Waals surface area contributed by atoms with E-state index in [1.54, 1.807) is 0 Å². The Hall–Kier alpha value is -4.00. The average Bonchev–Trinajstić information content (AvgIpc) is 3.74. The molecule has 0 amide bonds. The summed E-state index contributed by atoms with van der Waals surface area (Å²) in [6.45, 7) is 0. The molecule has 234 valence electrons. The number of fused-ring (bicyclic) bond motifs is 20. The lowest BCUT2D eigenvalue weighted by Crippen LogP contribution is -1.92. The van der Waals surface area contributed by atoms with Crippen LogP contribution in [0.4, 0.5) is 0 Å². The molecule has 2 aliphatic rings. The molecule has 7 aromatic heterocycles. The molecule has 0 fully saturated rings. The van der Waals surface area contributed by atoms with Gasteiger partial charge in [0.15, 0.2) is 87.1 Å². The Morgan fingerprint density at radius 2 is 0.458 bits per heavy atom. The van der Waals surface area contributed by atoms with Crippen molar-refractivity contribution in [3.05, 3.63) is 41.2 Å². The topological polar surface area (TPSA) is 212 Å². The molecule has 0 aromatic carbocycles. The van der Waals surface area contributed by atoms with Crippen molar-refractivity contribution < 1.29 is 0 Å². The summed E-state index contributed by atoms with van der Waals surface area (Å²) in [6.07, 6.45) is 0. The maximum Gasteiger partial charge on any atom is 0.184 e. The average molecular weight is 798 g/mol. The van der Waals surface area contributed by atoms with Crippen LogP contribution in [-0.4, -0.2) is 79.7 Å². The largest absolute Gasteiger partial charge is 0.321 e. The number of rotatable bonds is 0. The predicted octanol–water partition coefficient (Wildman–Crippen LogP) is 7.26. The zero-order valence-corrected chi connectivity index (χ0v) is 28.3. The summed E-state index contributed by atoms with van der Waals surface area (Å²) in [6, 6.07) is 0. The van der Waals surface area contributed by atoms with Crippen molar-refractivity contribution in [2.45, 2.75) is 0 Å². The van der Waals surface area contributed by atoms with Gasteiger partial charge in [-0.05, 0) is 0 Å². The van der Waals surface area contributed by atoms with Crippen LogP contribution in [0, 0.1) is 0 Å². The van der Waals surface area contributed by atoms with Crippen LogP contribution in [0.5, 0.6) is 0 Å². The second kappa shape index (κ2) is 10.8. The Kier molecular flexibility index (Phi) is 6.74. The molecule has 9 rings (SSSR count). The molecule has 0 radical (unpaired) electrons. The van der Waals surface area contributed by atoms with Crippen molar-refractivity contribution in [1.82, 2.24) is 79.7 Å². The van der Waals surface area contributed by atoms with Gasteiger partial charge in [0.05, 0.1) is 0 Å². The molecular formula is C24H2Cl8N16. The van der Waals surface area contributed by atoms with Gasteiger partial charge in [-0.3, -0.25) is 0 Å². The first-order valence-corrected chi connectivity index (χ1v) is 15.8. The van der Waals surface area contributed by atoms with Crippen molar-refractivity contribution in [3.8, 4) is 46.1 Å². The first kappa shape index (κ1) is 30.1. The first-order valence-electron chi connectivity index (χ1n) is 12.8. The van der Waals surface area contributed by atoms with Crippen molar-refractivity contribution in [1.29, 1.82) is 0 Å². The summed E-state index contributed by atoms with van der Waals surface area (Å²) in [4.78, 5) is 68.9. The molecule has 0 aliphatic carbocycles. The SMILES string of the molecule is Clc1nc2c(nc1Cl)-c1nc-2nc2[nH]c(nc3nc(nc4[nH]c(n1)c1nc(Cl)c(Cl)nc41)-c1nc(Cl)c(Cl)nc1-3)c1nc(Cl)c(Cl)nc21. The van der Waals surface area contributed by atoms with Gasteiger partial charge < -0.3 is 9.97 Å². The fraction of sp³-hybridized carbons (Fsp3) is 0. The third-order valence-corrected chi connectivity index (χ3v) is 9.27. The molecule has 0 spiro atoms. The van der Waals surface area contributed by atoms with Gasteiger partial charge in [0.25, 0.3) is 0 Å². The molecule has 0 saturated carbocycles. The lowest BCUT2D eigenvalue weighted by Gasteiger charge is -1.99. The molecule has 0 atom stereocenters. The second-order valence-corrected chi connectivity index (χ2v) is 12.5. The van der Waals surface area contributed by atoms with E-state index in [4.69, 9.17) is 92.8 Å². The van der Waals surface area contributed by atoms with Gasteiger partial charge in [0, 0.05) is 0 Å². The normalized spacial score (nSPS) is 12.2. The molecule has 16 nitrogen and oxygen atoms in total. The molecule has 0 unspecified atom stereocenters. The third kappa shape index (κ3) is 4.59. The van der Waals surface area contributed by atoms with E-state index >= 15 is 0 Å². The Bertz CT molecular complexity index is 2430. The summed E-state index contributed by atoms with van der Waals surface area (Å²) >= 11 is 50.1. The van der Waals surface area contributed by atoms with E-state index in [1.807, 2.05) is 0 Å². The monoisotopic (exact) mass is 794 g/mol. The second-order valence-electron chi connectivity index (χ2n) is 9.62. The van der Waals surface area contributed by atoms with Crippen molar-refractivity contribution in [2.75, 3.05) is 0 Å². The molecule has 24 heteroatoms. The molecule has 7 aromatic rings. The summed E-state index contributed by atoms with van der Waals surface area (Å²) in [7, 11) is 0. The van der Waals surface area contributed by atoms with Gasteiger partial charge in [0.2, 0.25) is 0 Å². The van der Waals surface area contributed by atoms with Gasteiger partial charge in [-0.1, -0.05) is 92.8 Å². The number of H-pyrrole nitrogens is 2. The van der Waals surface area contributed by atoms with E-state index in [1.165, 1.54) is 0 Å². The zero-order valence-electron chi connectivity index (χ0n) is 22.3. The van der Waals surface area contributed by atoms with Crippen LogP contribution in [0.1, 0.15) is 0 Å². The van der Waals surface area contributed by atoms with Crippen LogP contribution < -0.4 is 0 Å². The third-order valence-electron chi connectivity index (χ3n) is 6.77. The number of aromatic nitrogens is 16. The highest BCUT2D eigenvalue weighted by Gasteiger charge is 2.28. The van der Waals surface area contributed by atoms with Gasteiger partial charge in [-0.25, -0.2) is 69.8 Å². The highest BCUT2D eigenvalue weighted by molar-refractivity contribution is 6.42. The molecule has 8 bridgehead atoms. The minimum Gasteiger partial charge on any atom is -0.321 e. The number of halogens is 8. The van der Waals surface area contributed by atoms with Crippen LogP contribution in [0.15, 0.2) is 0 Å². The van der Waals surface area contributed by atoms with Crippen LogP contribution >= 0.6 is 92.8 Å². The van der Waals surface area contributed by atoms with Crippen molar-refractivity contribution in [3.63, 3.8) is 0 Å². The lowest BCUT2D eigenvalue weighted by atomic mass is 10.3. The molecule has 2 N–H and O–H groups in total. The molecule has 2 aliphatic heterocycles. The maximum atomic E-state index is 6.26. The molecule has 9 heterocycles. The quantitative estimate of drug-likeness (QED) is 0.155. The standard InChI is InChI=1S/C24H2Cl8N16/c25-9-10(26)34-2-1(33-9)17-41-18(2)46-20-5-6(38-14(30)13(29)37-5)22(43-20)48-24-8-7(39-15(31)16(32)40-8)23(44-24)47-21-4-3(19(42-21)45-17)35-11(27)12(28)36-4/h(H2,41,42,43,44,45,46,47,48). The van der Waals surface area contributed by atoms with E-state index in [-0.39, 0.29) is 132 Å².